The minimum atomic E-state index is -0.851. The third-order valence-electron chi connectivity index (χ3n) is 4.34. The Morgan fingerprint density at radius 2 is 2.12 bits per heavy atom. The Morgan fingerprint density at radius 1 is 1.36 bits per heavy atom. The molecule has 1 saturated heterocycles. The number of piperidine rings is 1. The Labute approximate surface area is 146 Å². The van der Waals surface area contributed by atoms with Crippen LogP contribution in [0.25, 0.3) is 11.1 Å². The molecule has 2 N–H and O–H groups in total. The van der Waals surface area contributed by atoms with Gasteiger partial charge in [-0.15, -0.1) is 0 Å². The maximum Gasteiger partial charge on any atom is 0.321 e. The second kappa shape index (κ2) is 6.38. The number of nitrogens with zero attached hydrogens (tertiary/aromatic N) is 2. The monoisotopic (exact) mass is 345 g/mol. The predicted molar refractivity (Wildman–Crippen MR) is 93.7 cm³/mol. The molecule has 1 aromatic heterocycles. The molecular formula is C18H23N3O4. The molecule has 1 aliphatic rings. The van der Waals surface area contributed by atoms with Crippen molar-refractivity contribution in [1.82, 2.24) is 9.88 Å². The zero-order valence-electron chi connectivity index (χ0n) is 14.7. The van der Waals surface area contributed by atoms with E-state index in [1.807, 2.05) is 20.8 Å². The molecule has 1 atom stereocenters. The molecule has 0 saturated carbocycles. The van der Waals surface area contributed by atoms with Gasteiger partial charge in [-0.05, 0) is 31.0 Å². The maximum absolute atomic E-state index is 12.4. The number of carboxylic acid groups (broad SMARTS) is 1. The van der Waals surface area contributed by atoms with Gasteiger partial charge in [0.2, 0.25) is 5.89 Å². The van der Waals surface area contributed by atoms with Crippen LogP contribution in [0, 0.1) is 5.92 Å². The van der Waals surface area contributed by atoms with Crippen LogP contribution in [-0.4, -0.2) is 40.1 Å². The average Bonchev–Trinajstić information content (AvgIpc) is 2.98. The highest BCUT2D eigenvalue weighted by molar-refractivity contribution is 5.92. The van der Waals surface area contributed by atoms with Gasteiger partial charge in [0.05, 0.1) is 5.92 Å². The fraction of sp³-hybridized carbons (Fsp3) is 0.500. The molecule has 1 aliphatic heterocycles. The third-order valence-corrected chi connectivity index (χ3v) is 4.34. The summed E-state index contributed by atoms with van der Waals surface area (Å²) in [5, 5.41) is 12.0. The third kappa shape index (κ3) is 3.75. The number of carbonyl (C=O) groups excluding carboxylic acids is 1. The molecule has 7 nitrogen and oxygen atoms in total. The molecule has 7 heteroatoms. The van der Waals surface area contributed by atoms with E-state index in [0.29, 0.717) is 42.1 Å². The number of nitrogens with one attached hydrogen (secondary N) is 1. The van der Waals surface area contributed by atoms with Crippen LogP contribution in [0.15, 0.2) is 22.6 Å². The molecule has 3 rings (SSSR count). The van der Waals surface area contributed by atoms with Crippen molar-refractivity contribution in [2.75, 3.05) is 18.4 Å². The number of aromatic nitrogens is 1. The smallest absolute Gasteiger partial charge is 0.321 e. The largest absolute Gasteiger partial charge is 0.481 e. The highest BCUT2D eigenvalue weighted by Gasteiger charge is 2.28. The highest BCUT2D eigenvalue weighted by atomic mass is 16.4. The van der Waals surface area contributed by atoms with Crippen LogP contribution in [0.5, 0.6) is 0 Å². The number of carboxylic acids is 1. The number of carbonyl (C=O) groups is 2. The number of amides is 2. The summed E-state index contributed by atoms with van der Waals surface area (Å²) in [7, 11) is 0. The summed E-state index contributed by atoms with van der Waals surface area (Å²) in [5.41, 5.74) is 1.78. The number of benzene rings is 1. The molecule has 134 valence electrons. The summed E-state index contributed by atoms with van der Waals surface area (Å²) in [6, 6.07) is 5.02. The molecule has 0 bridgehead atoms. The molecule has 2 amide bonds. The molecule has 1 aromatic carbocycles. The van der Waals surface area contributed by atoms with Crippen molar-refractivity contribution in [3.63, 3.8) is 0 Å². The van der Waals surface area contributed by atoms with Gasteiger partial charge in [0.25, 0.3) is 0 Å². The van der Waals surface area contributed by atoms with Crippen LogP contribution < -0.4 is 5.32 Å². The molecule has 2 aromatic rings. The van der Waals surface area contributed by atoms with Gasteiger partial charge in [-0.3, -0.25) is 4.79 Å². The van der Waals surface area contributed by atoms with E-state index in [1.54, 1.807) is 23.1 Å². The summed E-state index contributed by atoms with van der Waals surface area (Å²) in [6.07, 6.45) is 1.31. The fourth-order valence-electron chi connectivity index (χ4n) is 2.89. The van der Waals surface area contributed by atoms with Gasteiger partial charge in [0.1, 0.15) is 5.52 Å². The van der Waals surface area contributed by atoms with Gasteiger partial charge >= 0.3 is 12.0 Å². The van der Waals surface area contributed by atoms with Gasteiger partial charge in [-0.25, -0.2) is 9.78 Å². The van der Waals surface area contributed by atoms with Crippen LogP contribution in [0.2, 0.25) is 0 Å². The number of fused-ring (bicyclic) bond motifs is 1. The molecule has 2 heterocycles. The average molecular weight is 345 g/mol. The lowest BCUT2D eigenvalue weighted by Gasteiger charge is -2.30. The zero-order valence-corrected chi connectivity index (χ0v) is 14.7. The van der Waals surface area contributed by atoms with E-state index >= 15 is 0 Å². The van der Waals surface area contributed by atoms with Crippen molar-refractivity contribution in [3.05, 3.63) is 24.1 Å². The van der Waals surface area contributed by atoms with Crippen molar-refractivity contribution in [2.45, 2.75) is 39.0 Å². The van der Waals surface area contributed by atoms with Crippen molar-refractivity contribution < 1.29 is 19.1 Å². The van der Waals surface area contributed by atoms with Crippen LogP contribution in [0.1, 0.15) is 39.5 Å². The molecule has 0 aliphatic carbocycles. The molecule has 0 spiro atoms. The van der Waals surface area contributed by atoms with Crippen LogP contribution in [0.3, 0.4) is 0 Å². The summed E-state index contributed by atoms with van der Waals surface area (Å²) >= 11 is 0. The van der Waals surface area contributed by atoms with Crippen LogP contribution in [0.4, 0.5) is 10.5 Å². The Morgan fingerprint density at radius 3 is 2.80 bits per heavy atom. The van der Waals surface area contributed by atoms with E-state index in [1.165, 1.54) is 0 Å². The molecule has 1 fully saturated rings. The number of rotatable bonds is 2. The first-order valence-electron chi connectivity index (χ1n) is 8.44. The second-order valence-corrected chi connectivity index (χ2v) is 7.51. The minimum absolute atomic E-state index is 0.192. The van der Waals surface area contributed by atoms with Crippen LogP contribution >= 0.6 is 0 Å². The summed E-state index contributed by atoms with van der Waals surface area (Å²) < 4.78 is 5.75. The Hall–Kier alpha value is -2.57. The highest BCUT2D eigenvalue weighted by Crippen LogP contribution is 2.27. The number of likely N-dealkylation sites (tertiary alicyclic amines) is 1. The van der Waals surface area contributed by atoms with Crippen molar-refractivity contribution in [2.24, 2.45) is 5.92 Å². The van der Waals surface area contributed by atoms with Gasteiger partial charge < -0.3 is 19.7 Å². The molecule has 25 heavy (non-hydrogen) atoms. The summed E-state index contributed by atoms with van der Waals surface area (Å²) in [6.45, 7) is 6.87. The molecular weight excluding hydrogens is 322 g/mol. The SMILES string of the molecule is CC(C)(C)c1nc2cc(NC(=O)N3CCCC(C(=O)O)C3)ccc2o1. The van der Waals surface area contributed by atoms with E-state index in [2.05, 4.69) is 10.3 Å². The normalized spacial score (nSPS) is 18.4. The lowest BCUT2D eigenvalue weighted by molar-refractivity contribution is -0.143. The van der Waals surface area contributed by atoms with Crippen molar-refractivity contribution in [1.29, 1.82) is 0 Å². The number of urea groups is 1. The van der Waals surface area contributed by atoms with E-state index in [0.717, 1.165) is 0 Å². The number of anilines is 1. The Bertz CT molecular complexity index is 806. The van der Waals surface area contributed by atoms with E-state index in [-0.39, 0.29) is 18.0 Å². The van der Waals surface area contributed by atoms with E-state index < -0.39 is 11.9 Å². The fourth-order valence-corrected chi connectivity index (χ4v) is 2.89. The second-order valence-electron chi connectivity index (χ2n) is 7.51. The maximum atomic E-state index is 12.4. The summed E-state index contributed by atoms with van der Waals surface area (Å²) in [5.74, 6) is -0.700. The number of oxazole rings is 1. The van der Waals surface area contributed by atoms with Crippen LogP contribution in [-0.2, 0) is 10.2 Å². The van der Waals surface area contributed by atoms with Crippen molar-refractivity contribution >= 4 is 28.8 Å². The van der Waals surface area contributed by atoms with Gasteiger partial charge in [-0.2, -0.15) is 0 Å². The van der Waals surface area contributed by atoms with Gasteiger partial charge in [0.15, 0.2) is 5.58 Å². The topological polar surface area (TPSA) is 95.7 Å². The van der Waals surface area contributed by atoms with Gasteiger partial charge in [-0.1, -0.05) is 20.8 Å². The predicted octanol–water partition coefficient (Wildman–Crippen LogP) is 3.45. The van der Waals surface area contributed by atoms with E-state index in [9.17, 15) is 9.59 Å². The summed E-state index contributed by atoms with van der Waals surface area (Å²) in [4.78, 5) is 29.6. The first-order chi connectivity index (χ1) is 11.7. The first kappa shape index (κ1) is 17.3. The number of hydrogen-bond acceptors (Lipinski definition) is 4. The standard InChI is InChI=1S/C18H23N3O4/c1-18(2,3)16-20-13-9-12(6-7-14(13)25-16)19-17(24)21-8-4-5-11(10-21)15(22)23/h6-7,9,11H,4-5,8,10H2,1-3H3,(H,19,24)(H,22,23). The lowest BCUT2D eigenvalue weighted by atomic mass is 9.97. The molecule has 1 unspecified atom stereocenters. The zero-order chi connectivity index (χ0) is 18.2. The minimum Gasteiger partial charge on any atom is -0.481 e. The number of aliphatic carboxylic acids is 1. The van der Waals surface area contributed by atoms with Gasteiger partial charge in [0, 0.05) is 24.2 Å². The molecule has 0 radical (unpaired) electrons. The number of hydrogen-bond donors (Lipinski definition) is 2. The van der Waals surface area contributed by atoms with Crippen molar-refractivity contribution in [3.8, 4) is 0 Å². The lowest BCUT2D eigenvalue weighted by Crippen LogP contribution is -2.44. The first-order valence-corrected chi connectivity index (χ1v) is 8.44. The Balaban J connectivity index is 1.74. The Kier molecular flexibility index (Phi) is 4.41. The quantitative estimate of drug-likeness (QED) is 0.869. The van der Waals surface area contributed by atoms with E-state index in [4.69, 9.17) is 9.52 Å².